The molecule has 0 atom stereocenters. The van der Waals surface area contributed by atoms with Gasteiger partial charge in [0.05, 0.1) is 7.11 Å². The van der Waals surface area contributed by atoms with E-state index in [4.69, 9.17) is 5.73 Å². The van der Waals surface area contributed by atoms with Gasteiger partial charge in [-0.2, -0.15) is 0 Å². The Morgan fingerprint density at radius 2 is 2.31 bits per heavy atom. The molecule has 0 unspecified atom stereocenters. The maximum absolute atomic E-state index is 11.4. The summed E-state index contributed by atoms with van der Waals surface area (Å²) in [6.07, 6.45) is 3.26. The Hall–Kier alpha value is -1.52. The predicted molar refractivity (Wildman–Crippen MR) is 60.1 cm³/mol. The summed E-state index contributed by atoms with van der Waals surface area (Å²) in [5.41, 5.74) is 6.18. The minimum atomic E-state index is -0.457. The van der Waals surface area contributed by atoms with E-state index in [9.17, 15) is 4.79 Å². The van der Waals surface area contributed by atoms with Crippen molar-refractivity contribution in [3.05, 3.63) is 11.5 Å². The predicted octanol–water partition coefficient (Wildman–Crippen LogP) is 1.22. The van der Waals surface area contributed by atoms with Crippen molar-refractivity contribution in [2.45, 2.75) is 32.7 Å². The van der Waals surface area contributed by atoms with Gasteiger partial charge in [0.2, 0.25) is 0 Å². The Labute approximate surface area is 94.6 Å². The fourth-order valence-electron chi connectivity index (χ4n) is 1.79. The van der Waals surface area contributed by atoms with Crippen LogP contribution in [0.1, 0.15) is 36.1 Å². The second kappa shape index (κ2) is 4.15. The summed E-state index contributed by atoms with van der Waals surface area (Å²) in [4.78, 5) is 15.7. The van der Waals surface area contributed by atoms with Crippen molar-refractivity contribution in [3.8, 4) is 0 Å². The standard InChI is InChI=1S/C11H17N3O2/c1-3-8-13-9(11(15)16-2)10(12)14(8)6-7-4-5-7/h7H,3-6,12H2,1-2H3. The average Bonchev–Trinajstić information content (AvgIpc) is 3.05. The normalized spacial score (nSPS) is 15.1. The molecular weight excluding hydrogens is 206 g/mol. The first-order valence-electron chi connectivity index (χ1n) is 5.60. The van der Waals surface area contributed by atoms with E-state index in [1.807, 2.05) is 11.5 Å². The number of imidazole rings is 1. The number of nitrogens with two attached hydrogens (primary N) is 1. The van der Waals surface area contributed by atoms with Crippen molar-refractivity contribution in [1.82, 2.24) is 9.55 Å². The largest absolute Gasteiger partial charge is 0.464 e. The van der Waals surface area contributed by atoms with E-state index < -0.39 is 5.97 Å². The van der Waals surface area contributed by atoms with E-state index in [0.29, 0.717) is 11.7 Å². The molecular formula is C11H17N3O2. The number of nitrogen functional groups attached to an aromatic ring is 1. The van der Waals surface area contributed by atoms with Crippen molar-refractivity contribution in [1.29, 1.82) is 0 Å². The molecule has 0 bridgehead atoms. The third-order valence-electron chi connectivity index (χ3n) is 2.92. The van der Waals surface area contributed by atoms with Gasteiger partial charge in [0.15, 0.2) is 5.69 Å². The van der Waals surface area contributed by atoms with Crippen LogP contribution in [-0.4, -0.2) is 22.6 Å². The number of hydrogen-bond acceptors (Lipinski definition) is 4. The van der Waals surface area contributed by atoms with Gasteiger partial charge in [-0.1, -0.05) is 6.92 Å². The van der Waals surface area contributed by atoms with Crippen LogP contribution in [-0.2, 0) is 17.7 Å². The third-order valence-corrected chi connectivity index (χ3v) is 2.92. The van der Waals surface area contributed by atoms with E-state index in [-0.39, 0.29) is 5.69 Å². The number of aromatic nitrogens is 2. The molecule has 2 N–H and O–H groups in total. The van der Waals surface area contributed by atoms with E-state index in [0.717, 1.165) is 18.8 Å². The Morgan fingerprint density at radius 1 is 1.62 bits per heavy atom. The first kappa shape index (κ1) is 11.0. The third kappa shape index (κ3) is 1.89. The number of hydrogen-bond donors (Lipinski definition) is 1. The number of carbonyl (C=O) groups is 1. The number of rotatable bonds is 4. The minimum absolute atomic E-state index is 0.250. The van der Waals surface area contributed by atoms with Crippen LogP contribution in [0.25, 0.3) is 0 Å². The van der Waals surface area contributed by atoms with Gasteiger partial charge in [-0.05, 0) is 18.8 Å². The highest BCUT2D eigenvalue weighted by Gasteiger charge is 2.26. The van der Waals surface area contributed by atoms with Gasteiger partial charge >= 0.3 is 5.97 Å². The molecule has 0 amide bonds. The smallest absolute Gasteiger partial charge is 0.360 e. The monoisotopic (exact) mass is 223 g/mol. The zero-order valence-electron chi connectivity index (χ0n) is 9.69. The number of anilines is 1. The van der Waals surface area contributed by atoms with Gasteiger partial charge in [-0.3, -0.25) is 0 Å². The Morgan fingerprint density at radius 3 is 2.81 bits per heavy atom. The van der Waals surface area contributed by atoms with Crippen molar-refractivity contribution in [2.75, 3.05) is 12.8 Å². The molecule has 1 aliphatic carbocycles. The maximum Gasteiger partial charge on any atom is 0.360 e. The van der Waals surface area contributed by atoms with Crippen molar-refractivity contribution in [3.63, 3.8) is 0 Å². The molecule has 2 rings (SSSR count). The lowest BCUT2D eigenvalue weighted by molar-refractivity contribution is 0.0595. The zero-order chi connectivity index (χ0) is 11.7. The van der Waals surface area contributed by atoms with E-state index in [1.54, 1.807) is 0 Å². The number of carbonyl (C=O) groups excluding carboxylic acids is 1. The average molecular weight is 223 g/mol. The fraction of sp³-hybridized carbons (Fsp3) is 0.636. The summed E-state index contributed by atoms with van der Waals surface area (Å²) in [6.45, 7) is 2.88. The zero-order valence-corrected chi connectivity index (χ0v) is 9.69. The molecule has 0 spiro atoms. The molecule has 5 nitrogen and oxygen atoms in total. The van der Waals surface area contributed by atoms with Gasteiger partial charge in [-0.25, -0.2) is 9.78 Å². The summed E-state index contributed by atoms with van der Waals surface area (Å²) >= 11 is 0. The summed E-state index contributed by atoms with van der Waals surface area (Å²) < 4.78 is 6.60. The highest BCUT2D eigenvalue weighted by atomic mass is 16.5. The molecule has 0 radical (unpaired) electrons. The minimum Gasteiger partial charge on any atom is -0.464 e. The molecule has 1 fully saturated rings. The molecule has 16 heavy (non-hydrogen) atoms. The van der Waals surface area contributed by atoms with Crippen LogP contribution < -0.4 is 5.73 Å². The fourth-order valence-corrected chi connectivity index (χ4v) is 1.79. The van der Waals surface area contributed by atoms with Gasteiger partial charge in [0, 0.05) is 13.0 Å². The van der Waals surface area contributed by atoms with Gasteiger partial charge in [0.25, 0.3) is 0 Å². The van der Waals surface area contributed by atoms with Crippen molar-refractivity contribution < 1.29 is 9.53 Å². The number of ether oxygens (including phenoxy) is 1. The summed E-state index contributed by atoms with van der Waals surface area (Å²) in [5, 5.41) is 0. The Balaban J connectivity index is 2.33. The first-order valence-corrected chi connectivity index (χ1v) is 5.60. The summed E-state index contributed by atoms with van der Waals surface area (Å²) in [6, 6.07) is 0. The molecule has 1 aliphatic rings. The Kier molecular flexibility index (Phi) is 2.85. The highest BCUT2D eigenvalue weighted by Crippen LogP contribution is 2.32. The SMILES string of the molecule is CCc1nc(C(=O)OC)c(N)n1CC1CC1. The van der Waals surface area contributed by atoms with Crippen LogP contribution in [0.4, 0.5) is 5.82 Å². The number of esters is 1. The van der Waals surface area contributed by atoms with Gasteiger partial charge < -0.3 is 15.0 Å². The topological polar surface area (TPSA) is 70.1 Å². The Bertz CT molecular complexity index is 408. The lowest BCUT2D eigenvalue weighted by Crippen LogP contribution is -2.10. The van der Waals surface area contributed by atoms with Gasteiger partial charge in [0.1, 0.15) is 11.6 Å². The quantitative estimate of drug-likeness (QED) is 0.779. The number of aryl methyl sites for hydroxylation is 1. The molecule has 5 heteroatoms. The van der Waals surface area contributed by atoms with E-state index in [1.165, 1.54) is 20.0 Å². The molecule has 1 saturated carbocycles. The maximum atomic E-state index is 11.4. The van der Waals surface area contributed by atoms with Crippen molar-refractivity contribution >= 4 is 11.8 Å². The van der Waals surface area contributed by atoms with Crippen molar-refractivity contribution in [2.24, 2.45) is 5.92 Å². The van der Waals surface area contributed by atoms with E-state index in [2.05, 4.69) is 9.72 Å². The molecule has 0 saturated heterocycles. The molecule has 0 aromatic carbocycles. The lowest BCUT2D eigenvalue weighted by atomic mass is 10.3. The van der Waals surface area contributed by atoms with Crippen LogP contribution in [0.2, 0.25) is 0 Å². The van der Waals surface area contributed by atoms with Crippen LogP contribution in [0, 0.1) is 5.92 Å². The van der Waals surface area contributed by atoms with Crippen LogP contribution in [0.5, 0.6) is 0 Å². The molecule has 0 aliphatic heterocycles. The summed E-state index contributed by atoms with van der Waals surface area (Å²) in [5.74, 6) is 1.55. The van der Waals surface area contributed by atoms with Gasteiger partial charge in [-0.15, -0.1) is 0 Å². The molecule has 88 valence electrons. The van der Waals surface area contributed by atoms with Crippen LogP contribution in [0.3, 0.4) is 0 Å². The van der Waals surface area contributed by atoms with Crippen LogP contribution in [0.15, 0.2) is 0 Å². The highest BCUT2D eigenvalue weighted by molar-refractivity contribution is 5.92. The second-order valence-corrected chi connectivity index (χ2v) is 4.16. The molecule has 1 aromatic rings. The second-order valence-electron chi connectivity index (χ2n) is 4.16. The molecule has 1 aromatic heterocycles. The molecule has 1 heterocycles. The number of nitrogens with zero attached hydrogens (tertiary/aromatic N) is 2. The lowest BCUT2D eigenvalue weighted by Gasteiger charge is -2.07. The first-order chi connectivity index (χ1) is 7.67. The van der Waals surface area contributed by atoms with Crippen LogP contribution >= 0.6 is 0 Å². The number of methoxy groups -OCH3 is 1. The van der Waals surface area contributed by atoms with E-state index >= 15 is 0 Å². The summed E-state index contributed by atoms with van der Waals surface area (Å²) in [7, 11) is 1.34.